The zero-order valence-corrected chi connectivity index (χ0v) is 64.9. The van der Waals surface area contributed by atoms with E-state index in [1.54, 1.807) is 0 Å². The lowest BCUT2D eigenvalue weighted by atomic mass is 10.0. The summed E-state index contributed by atoms with van der Waals surface area (Å²) in [5.74, 6) is -0.00105. The smallest absolute Gasteiger partial charge is 0.305 e. The average molecular weight is 1340 g/mol. The van der Waals surface area contributed by atoms with Crippen molar-refractivity contribution in [2.45, 2.75) is 520 Å². The number of allylic oxidation sites excluding steroid dienone is 4. The molecule has 95 heavy (non-hydrogen) atoms. The van der Waals surface area contributed by atoms with Crippen molar-refractivity contribution in [3.63, 3.8) is 0 Å². The number of aliphatic hydroxyl groups is 2. The first-order valence-corrected chi connectivity index (χ1v) is 44.1. The van der Waals surface area contributed by atoms with Gasteiger partial charge in [0.1, 0.15) is 0 Å². The van der Waals surface area contributed by atoms with E-state index in [0.29, 0.717) is 25.9 Å². The van der Waals surface area contributed by atoms with E-state index >= 15 is 0 Å². The number of aliphatic hydroxyl groups excluding tert-OH is 2. The summed E-state index contributed by atoms with van der Waals surface area (Å²) in [4.78, 5) is 24.7. The van der Waals surface area contributed by atoms with Crippen molar-refractivity contribution >= 4 is 11.9 Å². The van der Waals surface area contributed by atoms with Gasteiger partial charge in [-0.15, -0.1) is 0 Å². The Morgan fingerprint density at radius 1 is 0.295 bits per heavy atom. The second-order valence-electron chi connectivity index (χ2n) is 30.6. The van der Waals surface area contributed by atoms with Crippen LogP contribution in [0.5, 0.6) is 0 Å². The van der Waals surface area contributed by atoms with Gasteiger partial charge < -0.3 is 20.3 Å². The number of hydrogen-bond acceptors (Lipinski definition) is 5. The molecule has 6 nitrogen and oxygen atoms in total. The SMILES string of the molecule is CCCCCCCCCCCCCCCCCCCCCCCCCCC(O)C(CO)NC(=O)CCCCCCCCCCCCCCCCCCC/C=C\C/C=C\CCCCCCCCCCCCCCCCCOC(=O)CCCCCCCCCCCCCCCCC. The molecule has 0 aromatic carbocycles. The highest BCUT2D eigenvalue weighted by Gasteiger charge is 2.20. The normalized spacial score (nSPS) is 12.5. The Labute approximate surface area is 596 Å². The first-order valence-electron chi connectivity index (χ1n) is 44.1. The fourth-order valence-electron chi connectivity index (χ4n) is 14.3. The first-order chi connectivity index (χ1) is 47.0. The fourth-order valence-corrected chi connectivity index (χ4v) is 14.3. The molecule has 0 aliphatic rings. The molecule has 0 aliphatic carbocycles. The molecule has 3 N–H and O–H groups in total. The Hall–Kier alpha value is -1.66. The number of carbonyl (C=O) groups excluding carboxylic acids is 2. The molecule has 6 heteroatoms. The van der Waals surface area contributed by atoms with Crippen LogP contribution >= 0.6 is 0 Å². The lowest BCUT2D eigenvalue weighted by molar-refractivity contribution is -0.143. The summed E-state index contributed by atoms with van der Waals surface area (Å²) in [6.07, 6.45) is 110. The number of rotatable bonds is 84. The van der Waals surface area contributed by atoms with E-state index in [0.717, 1.165) is 44.9 Å². The van der Waals surface area contributed by atoms with Crippen molar-refractivity contribution in [1.82, 2.24) is 5.32 Å². The minimum absolute atomic E-state index is 0.0245. The van der Waals surface area contributed by atoms with Gasteiger partial charge in [-0.25, -0.2) is 0 Å². The van der Waals surface area contributed by atoms with Crippen LogP contribution in [0.1, 0.15) is 508 Å². The van der Waals surface area contributed by atoms with Crippen molar-refractivity contribution in [3.8, 4) is 0 Å². The molecule has 0 saturated carbocycles. The molecule has 2 unspecified atom stereocenters. The van der Waals surface area contributed by atoms with Crippen LogP contribution in [-0.2, 0) is 14.3 Å². The minimum atomic E-state index is -0.664. The monoisotopic (exact) mass is 1340 g/mol. The number of unbranched alkanes of at least 4 members (excludes halogenated alkanes) is 69. The van der Waals surface area contributed by atoms with Crippen LogP contribution in [0.15, 0.2) is 24.3 Å². The number of ether oxygens (including phenoxy) is 1. The van der Waals surface area contributed by atoms with Gasteiger partial charge >= 0.3 is 5.97 Å². The lowest BCUT2D eigenvalue weighted by Gasteiger charge is -2.22. The van der Waals surface area contributed by atoms with Gasteiger partial charge in [-0.05, 0) is 57.8 Å². The molecule has 0 radical (unpaired) electrons. The topological polar surface area (TPSA) is 95.9 Å². The summed E-state index contributed by atoms with van der Waals surface area (Å²) in [7, 11) is 0. The van der Waals surface area contributed by atoms with Crippen LogP contribution in [-0.4, -0.2) is 47.4 Å². The molecule has 0 aliphatic heterocycles. The summed E-state index contributed by atoms with van der Waals surface area (Å²) in [6.45, 7) is 5.02. The third-order valence-electron chi connectivity index (χ3n) is 21.0. The highest BCUT2D eigenvalue weighted by atomic mass is 16.5. The van der Waals surface area contributed by atoms with Crippen molar-refractivity contribution in [2.75, 3.05) is 13.2 Å². The number of hydrogen-bond donors (Lipinski definition) is 3. The molecule has 564 valence electrons. The highest BCUT2D eigenvalue weighted by molar-refractivity contribution is 5.76. The van der Waals surface area contributed by atoms with Gasteiger partial charge in [-0.3, -0.25) is 9.59 Å². The van der Waals surface area contributed by atoms with Gasteiger partial charge in [-0.1, -0.05) is 462 Å². The molecular weight excluding hydrogens is 1160 g/mol. The largest absolute Gasteiger partial charge is 0.466 e. The first kappa shape index (κ1) is 93.3. The summed E-state index contributed by atoms with van der Waals surface area (Å²) >= 11 is 0. The summed E-state index contributed by atoms with van der Waals surface area (Å²) < 4.78 is 5.51. The van der Waals surface area contributed by atoms with E-state index in [1.807, 2.05) is 0 Å². The quantitative estimate of drug-likeness (QED) is 0.0320. The maximum Gasteiger partial charge on any atom is 0.305 e. The molecule has 1 amide bonds. The number of nitrogens with one attached hydrogen (secondary N) is 1. The van der Waals surface area contributed by atoms with Gasteiger partial charge in [0.05, 0.1) is 25.4 Å². The number of amides is 1. The zero-order valence-electron chi connectivity index (χ0n) is 64.9. The van der Waals surface area contributed by atoms with Crippen LogP contribution in [0.2, 0.25) is 0 Å². The van der Waals surface area contributed by atoms with Gasteiger partial charge in [0.15, 0.2) is 0 Å². The van der Waals surface area contributed by atoms with Crippen LogP contribution in [0.25, 0.3) is 0 Å². The summed E-state index contributed by atoms with van der Waals surface area (Å²) in [6, 6.07) is -0.541. The van der Waals surface area contributed by atoms with E-state index in [1.165, 1.54) is 430 Å². The number of esters is 1. The molecule has 0 heterocycles. The Bertz CT molecular complexity index is 1500. The van der Waals surface area contributed by atoms with Crippen molar-refractivity contribution in [1.29, 1.82) is 0 Å². The molecule has 0 aromatic rings. The van der Waals surface area contributed by atoms with Gasteiger partial charge in [-0.2, -0.15) is 0 Å². The molecule has 0 spiro atoms. The Morgan fingerprint density at radius 3 is 0.800 bits per heavy atom. The van der Waals surface area contributed by atoms with Crippen LogP contribution < -0.4 is 5.32 Å². The van der Waals surface area contributed by atoms with E-state index < -0.39 is 12.1 Å². The zero-order chi connectivity index (χ0) is 68.4. The highest BCUT2D eigenvalue weighted by Crippen LogP contribution is 2.21. The minimum Gasteiger partial charge on any atom is -0.466 e. The van der Waals surface area contributed by atoms with Crippen LogP contribution in [0, 0.1) is 0 Å². The Balaban J connectivity index is 3.35. The second kappa shape index (κ2) is 84.8. The molecule has 0 bridgehead atoms. The van der Waals surface area contributed by atoms with Gasteiger partial charge in [0.2, 0.25) is 5.91 Å². The molecule has 0 rings (SSSR count). The van der Waals surface area contributed by atoms with E-state index in [2.05, 4.69) is 43.5 Å². The Kier molecular flexibility index (Phi) is 83.3. The Morgan fingerprint density at radius 2 is 0.526 bits per heavy atom. The fraction of sp³-hybridized carbons (Fsp3) is 0.933. The van der Waals surface area contributed by atoms with E-state index in [-0.39, 0.29) is 18.5 Å². The average Bonchev–Trinajstić information content (AvgIpc) is 3.06. The number of carbonyl (C=O) groups is 2. The predicted molar refractivity (Wildman–Crippen MR) is 421 cm³/mol. The van der Waals surface area contributed by atoms with Crippen molar-refractivity contribution < 1.29 is 24.5 Å². The summed E-state index contributed by atoms with van der Waals surface area (Å²) in [5, 5.41) is 23.5. The van der Waals surface area contributed by atoms with E-state index in [4.69, 9.17) is 4.74 Å². The standard InChI is InChI=1S/C89H173NO5/c1-3-5-7-9-11-13-15-17-19-20-21-22-23-41-44-47-50-54-57-61-65-69-73-77-81-87(92)86(85-91)90-88(93)82-78-74-70-66-62-58-55-51-48-45-42-39-37-35-33-31-29-27-25-24-26-28-30-32-34-36-38-40-43-46-49-52-56-60-64-68-72-76-80-84-95-89(94)83-79-75-71-67-63-59-53-18-16-14-12-10-8-6-4-2/h24-25,28,30,86-87,91-92H,3-23,26-27,29,31-85H2,1-2H3,(H,90,93)/b25-24-,30-28-. The molecule has 0 fully saturated rings. The second-order valence-corrected chi connectivity index (χ2v) is 30.6. The van der Waals surface area contributed by atoms with Gasteiger partial charge in [0.25, 0.3) is 0 Å². The lowest BCUT2D eigenvalue weighted by Crippen LogP contribution is -2.45. The van der Waals surface area contributed by atoms with Crippen LogP contribution in [0.4, 0.5) is 0 Å². The molecule has 0 saturated heterocycles. The molecule has 2 atom stereocenters. The maximum absolute atomic E-state index is 12.6. The predicted octanol–water partition coefficient (Wildman–Crippen LogP) is 29.6. The maximum atomic E-state index is 12.6. The molecule has 0 aromatic heterocycles. The summed E-state index contributed by atoms with van der Waals surface area (Å²) in [5.41, 5.74) is 0. The molecular formula is C89H173NO5. The van der Waals surface area contributed by atoms with Crippen LogP contribution in [0.3, 0.4) is 0 Å². The third-order valence-corrected chi connectivity index (χ3v) is 21.0. The third kappa shape index (κ3) is 81.2. The van der Waals surface area contributed by atoms with Crippen molar-refractivity contribution in [2.24, 2.45) is 0 Å². The van der Waals surface area contributed by atoms with Gasteiger partial charge in [0, 0.05) is 12.8 Å². The van der Waals surface area contributed by atoms with E-state index in [9.17, 15) is 19.8 Å². The van der Waals surface area contributed by atoms with Crippen molar-refractivity contribution in [3.05, 3.63) is 24.3 Å².